The smallest absolute Gasteiger partial charge is 0.227 e. The van der Waals surface area contributed by atoms with Crippen LogP contribution in [-0.2, 0) is 4.79 Å². The Hall–Kier alpha value is -1.36. The van der Waals surface area contributed by atoms with Crippen LogP contribution in [0.3, 0.4) is 0 Å². The summed E-state index contributed by atoms with van der Waals surface area (Å²) in [6.07, 6.45) is 1.89. The van der Waals surface area contributed by atoms with Gasteiger partial charge < -0.3 is 10.6 Å². The normalized spacial score (nSPS) is 22.3. The predicted molar refractivity (Wildman–Crippen MR) is 88.9 cm³/mol. The molecule has 1 fully saturated rings. The standard InChI is InChI=1S/C17H30N4O/c1-10(14-11(2)19-20-12(14)3)15(22)18-13-8-16(4,5)21-17(6,7)9-13/h10,13,21H,8-9H2,1-7H3,(H,18,22)(H,19,20)/t10-/m1/s1. The predicted octanol–water partition coefficient (Wildman–Crippen LogP) is 2.56. The Kier molecular flexibility index (Phi) is 4.39. The quantitative estimate of drug-likeness (QED) is 0.804. The third-order valence-electron chi connectivity index (χ3n) is 4.55. The second-order valence-electron chi connectivity index (χ2n) is 8.08. The molecule has 1 aliphatic heterocycles. The fourth-order valence-corrected chi connectivity index (χ4v) is 4.08. The van der Waals surface area contributed by atoms with Crippen LogP contribution in [0.2, 0.25) is 0 Å². The number of piperidine rings is 1. The number of hydrogen-bond acceptors (Lipinski definition) is 3. The second kappa shape index (κ2) is 5.69. The Morgan fingerprint density at radius 1 is 1.23 bits per heavy atom. The van der Waals surface area contributed by atoms with E-state index < -0.39 is 0 Å². The highest BCUT2D eigenvalue weighted by Crippen LogP contribution is 2.29. The van der Waals surface area contributed by atoms with E-state index in [4.69, 9.17) is 0 Å². The van der Waals surface area contributed by atoms with Crippen LogP contribution in [0.5, 0.6) is 0 Å². The number of nitrogens with one attached hydrogen (secondary N) is 3. The van der Waals surface area contributed by atoms with E-state index in [9.17, 15) is 4.79 Å². The van der Waals surface area contributed by atoms with Gasteiger partial charge in [0.2, 0.25) is 5.91 Å². The minimum absolute atomic E-state index is 0.0322. The van der Waals surface area contributed by atoms with E-state index in [1.165, 1.54) is 0 Å². The molecule has 124 valence electrons. The molecule has 0 aromatic carbocycles. The van der Waals surface area contributed by atoms with Crippen LogP contribution in [0.1, 0.15) is 70.3 Å². The van der Waals surface area contributed by atoms with Gasteiger partial charge in [0.05, 0.1) is 11.6 Å². The lowest BCUT2D eigenvalue weighted by atomic mass is 9.79. The first-order valence-corrected chi connectivity index (χ1v) is 8.12. The van der Waals surface area contributed by atoms with E-state index in [0.717, 1.165) is 29.8 Å². The molecule has 22 heavy (non-hydrogen) atoms. The van der Waals surface area contributed by atoms with E-state index in [2.05, 4.69) is 48.5 Å². The number of aromatic amines is 1. The van der Waals surface area contributed by atoms with Gasteiger partial charge in [-0.25, -0.2) is 0 Å². The molecule has 1 aromatic heterocycles. The van der Waals surface area contributed by atoms with Crippen LogP contribution >= 0.6 is 0 Å². The minimum Gasteiger partial charge on any atom is -0.353 e. The summed E-state index contributed by atoms with van der Waals surface area (Å²) in [6.45, 7) is 14.6. The van der Waals surface area contributed by atoms with Crippen molar-refractivity contribution < 1.29 is 4.79 Å². The van der Waals surface area contributed by atoms with Crippen molar-refractivity contribution >= 4 is 5.91 Å². The molecule has 1 aromatic rings. The van der Waals surface area contributed by atoms with Crippen LogP contribution in [0, 0.1) is 13.8 Å². The number of hydrogen-bond donors (Lipinski definition) is 3. The molecule has 0 bridgehead atoms. The number of carbonyl (C=O) groups is 1. The molecule has 1 atom stereocenters. The summed E-state index contributed by atoms with van der Waals surface area (Å²) in [5.74, 6) is -0.0917. The zero-order chi connectivity index (χ0) is 16.7. The van der Waals surface area contributed by atoms with Gasteiger partial charge in [-0.05, 0) is 61.3 Å². The van der Waals surface area contributed by atoms with Crippen molar-refractivity contribution in [1.29, 1.82) is 0 Å². The van der Waals surface area contributed by atoms with Crippen LogP contribution < -0.4 is 10.6 Å². The van der Waals surface area contributed by atoms with Crippen LogP contribution in [0.4, 0.5) is 0 Å². The SMILES string of the molecule is Cc1n[nH]c(C)c1[C@@H](C)C(=O)NC1CC(C)(C)NC(C)(C)C1. The number of amides is 1. The van der Waals surface area contributed by atoms with Crippen LogP contribution in [-0.4, -0.2) is 33.2 Å². The van der Waals surface area contributed by atoms with Gasteiger partial charge >= 0.3 is 0 Å². The highest BCUT2D eigenvalue weighted by Gasteiger charge is 2.38. The van der Waals surface area contributed by atoms with Gasteiger partial charge in [0.15, 0.2) is 0 Å². The zero-order valence-corrected chi connectivity index (χ0v) is 14.9. The molecule has 0 radical (unpaired) electrons. The van der Waals surface area contributed by atoms with Crippen molar-refractivity contribution in [1.82, 2.24) is 20.8 Å². The number of rotatable bonds is 3. The first kappa shape index (κ1) is 17.0. The molecule has 1 aliphatic rings. The summed E-state index contributed by atoms with van der Waals surface area (Å²) >= 11 is 0. The van der Waals surface area contributed by atoms with E-state index in [1.807, 2.05) is 20.8 Å². The molecule has 1 saturated heterocycles. The fraction of sp³-hybridized carbons (Fsp3) is 0.765. The summed E-state index contributed by atoms with van der Waals surface area (Å²) < 4.78 is 0. The average Bonchev–Trinajstić information content (AvgIpc) is 2.64. The van der Waals surface area contributed by atoms with E-state index >= 15 is 0 Å². The first-order chi connectivity index (χ1) is 10.0. The van der Waals surface area contributed by atoms with Crippen LogP contribution in [0.25, 0.3) is 0 Å². The van der Waals surface area contributed by atoms with Gasteiger partial charge in [-0.1, -0.05) is 0 Å². The summed E-state index contributed by atoms with van der Waals surface area (Å²) in [6, 6.07) is 0.203. The third-order valence-corrected chi connectivity index (χ3v) is 4.55. The van der Waals surface area contributed by atoms with Crippen molar-refractivity contribution in [2.75, 3.05) is 0 Å². The molecule has 1 amide bonds. The van der Waals surface area contributed by atoms with Gasteiger partial charge in [-0.3, -0.25) is 9.89 Å². The molecule has 0 spiro atoms. The molecule has 0 unspecified atom stereocenters. The van der Waals surface area contributed by atoms with Gasteiger partial charge in [0, 0.05) is 28.4 Å². The topological polar surface area (TPSA) is 69.8 Å². The molecule has 2 rings (SSSR count). The Morgan fingerprint density at radius 3 is 2.23 bits per heavy atom. The van der Waals surface area contributed by atoms with Crippen molar-refractivity contribution in [2.24, 2.45) is 0 Å². The first-order valence-electron chi connectivity index (χ1n) is 8.12. The number of aromatic nitrogens is 2. The summed E-state index contributed by atoms with van der Waals surface area (Å²) in [7, 11) is 0. The summed E-state index contributed by atoms with van der Waals surface area (Å²) in [4.78, 5) is 12.7. The molecule has 3 N–H and O–H groups in total. The molecule has 5 heteroatoms. The molecule has 0 aliphatic carbocycles. The van der Waals surface area contributed by atoms with E-state index in [-0.39, 0.29) is 28.9 Å². The van der Waals surface area contributed by atoms with Crippen molar-refractivity contribution in [2.45, 2.75) is 84.3 Å². The number of carbonyl (C=O) groups excluding carboxylic acids is 1. The van der Waals surface area contributed by atoms with Gasteiger partial charge in [-0.2, -0.15) is 5.10 Å². The van der Waals surface area contributed by atoms with Crippen molar-refractivity contribution in [3.8, 4) is 0 Å². The summed E-state index contributed by atoms with van der Waals surface area (Å²) in [5.41, 5.74) is 2.97. The number of nitrogens with zero attached hydrogens (tertiary/aromatic N) is 1. The average molecular weight is 306 g/mol. The van der Waals surface area contributed by atoms with Crippen LogP contribution in [0.15, 0.2) is 0 Å². The van der Waals surface area contributed by atoms with Crippen molar-refractivity contribution in [3.63, 3.8) is 0 Å². The van der Waals surface area contributed by atoms with Crippen molar-refractivity contribution in [3.05, 3.63) is 17.0 Å². The Bertz CT molecular complexity index is 524. The zero-order valence-electron chi connectivity index (χ0n) is 14.9. The van der Waals surface area contributed by atoms with E-state index in [0.29, 0.717) is 0 Å². The molecular formula is C17H30N4O. The number of aryl methyl sites for hydroxylation is 2. The lowest BCUT2D eigenvalue weighted by Gasteiger charge is -2.46. The third kappa shape index (κ3) is 3.69. The number of H-pyrrole nitrogens is 1. The van der Waals surface area contributed by atoms with Gasteiger partial charge in [-0.15, -0.1) is 0 Å². The Balaban J connectivity index is 2.08. The fourth-order valence-electron chi connectivity index (χ4n) is 4.08. The highest BCUT2D eigenvalue weighted by molar-refractivity contribution is 5.84. The molecule has 5 nitrogen and oxygen atoms in total. The maximum atomic E-state index is 12.7. The lowest BCUT2D eigenvalue weighted by Crippen LogP contribution is -2.62. The van der Waals surface area contributed by atoms with E-state index in [1.54, 1.807) is 0 Å². The molecular weight excluding hydrogens is 276 g/mol. The maximum absolute atomic E-state index is 12.7. The summed E-state index contributed by atoms with van der Waals surface area (Å²) in [5, 5.41) is 14.1. The van der Waals surface area contributed by atoms with Gasteiger partial charge in [0.25, 0.3) is 0 Å². The molecule has 0 saturated carbocycles. The second-order valence-corrected chi connectivity index (χ2v) is 8.08. The Morgan fingerprint density at radius 2 is 1.77 bits per heavy atom. The highest BCUT2D eigenvalue weighted by atomic mass is 16.1. The maximum Gasteiger partial charge on any atom is 0.227 e. The largest absolute Gasteiger partial charge is 0.353 e. The Labute approximate surface area is 133 Å². The van der Waals surface area contributed by atoms with Gasteiger partial charge in [0.1, 0.15) is 0 Å². The minimum atomic E-state index is -0.181. The monoisotopic (exact) mass is 306 g/mol. The molecule has 2 heterocycles. The lowest BCUT2D eigenvalue weighted by molar-refractivity contribution is -0.123.